The molecule has 4 saturated carbocycles. The lowest BCUT2D eigenvalue weighted by atomic mass is 9.49. The zero-order chi connectivity index (χ0) is 19.3. The molecule has 2 aromatic rings. The molecule has 1 aromatic heterocycles. The highest BCUT2D eigenvalue weighted by Gasteiger charge is 2.54. The summed E-state index contributed by atoms with van der Waals surface area (Å²) in [5.74, 6) is 2.91. The quantitative estimate of drug-likeness (QED) is 0.825. The molecule has 4 fully saturated rings. The van der Waals surface area contributed by atoms with Gasteiger partial charge in [-0.25, -0.2) is 4.98 Å². The van der Waals surface area contributed by atoms with Gasteiger partial charge < -0.3 is 15.1 Å². The van der Waals surface area contributed by atoms with Crippen molar-refractivity contribution in [1.29, 1.82) is 0 Å². The van der Waals surface area contributed by atoms with E-state index in [1.165, 1.54) is 19.3 Å². The Hall–Kier alpha value is -2.37. The van der Waals surface area contributed by atoms with Crippen LogP contribution in [-0.4, -0.2) is 23.3 Å². The molecular weight excluding hydrogens is 354 g/mol. The molecular formula is C22H27N3O3. The third-order valence-electron chi connectivity index (χ3n) is 6.94. The van der Waals surface area contributed by atoms with E-state index in [2.05, 4.69) is 15.6 Å². The van der Waals surface area contributed by atoms with E-state index in [1.54, 1.807) is 25.1 Å². The number of anilines is 1. The van der Waals surface area contributed by atoms with Crippen LogP contribution in [0.1, 0.15) is 50.8 Å². The van der Waals surface area contributed by atoms with Gasteiger partial charge in [0.25, 0.3) is 0 Å². The Morgan fingerprint density at radius 1 is 1.14 bits per heavy atom. The summed E-state index contributed by atoms with van der Waals surface area (Å²) < 4.78 is 5.45. The SMILES string of the molecule is Cc1nc2cc(NC(=O)CCNC(=O)C34CC5CC(CC(C5)C3)C4)ccc2o1. The molecule has 4 aliphatic carbocycles. The van der Waals surface area contributed by atoms with Gasteiger partial charge in [0.05, 0.1) is 0 Å². The molecule has 28 heavy (non-hydrogen) atoms. The van der Waals surface area contributed by atoms with Gasteiger partial charge in [0.2, 0.25) is 11.8 Å². The number of benzene rings is 1. The molecule has 1 heterocycles. The molecule has 148 valence electrons. The first-order valence-corrected chi connectivity index (χ1v) is 10.4. The minimum Gasteiger partial charge on any atom is -0.441 e. The molecule has 4 aliphatic rings. The fourth-order valence-corrected chi connectivity index (χ4v) is 6.21. The number of fused-ring (bicyclic) bond motifs is 1. The van der Waals surface area contributed by atoms with Crippen LogP contribution >= 0.6 is 0 Å². The number of rotatable bonds is 5. The Morgan fingerprint density at radius 3 is 2.50 bits per heavy atom. The van der Waals surface area contributed by atoms with Crippen molar-refractivity contribution in [3.05, 3.63) is 24.1 Å². The van der Waals surface area contributed by atoms with Crippen molar-refractivity contribution >= 4 is 28.6 Å². The van der Waals surface area contributed by atoms with Gasteiger partial charge in [-0.1, -0.05) is 0 Å². The number of oxazole rings is 1. The number of hydrogen-bond donors (Lipinski definition) is 2. The second kappa shape index (κ2) is 6.61. The molecule has 1 aromatic carbocycles. The lowest BCUT2D eigenvalue weighted by molar-refractivity contribution is -0.146. The van der Waals surface area contributed by atoms with Crippen molar-refractivity contribution in [2.75, 3.05) is 11.9 Å². The van der Waals surface area contributed by atoms with Crippen LogP contribution in [0.15, 0.2) is 22.6 Å². The van der Waals surface area contributed by atoms with Gasteiger partial charge in [-0.15, -0.1) is 0 Å². The maximum absolute atomic E-state index is 12.9. The van der Waals surface area contributed by atoms with E-state index in [-0.39, 0.29) is 23.7 Å². The van der Waals surface area contributed by atoms with Gasteiger partial charge in [0.15, 0.2) is 11.5 Å². The van der Waals surface area contributed by atoms with E-state index in [4.69, 9.17) is 4.42 Å². The van der Waals surface area contributed by atoms with E-state index >= 15 is 0 Å². The number of hydrogen-bond acceptors (Lipinski definition) is 4. The lowest BCUT2D eigenvalue weighted by Crippen LogP contribution is -2.53. The highest BCUT2D eigenvalue weighted by molar-refractivity contribution is 5.93. The number of nitrogens with zero attached hydrogens (tertiary/aromatic N) is 1. The predicted molar refractivity (Wildman–Crippen MR) is 106 cm³/mol. The Bertz CT molecular complexity index is 897. The second-order valence-corrected chi connectivity index (χ2v) is 9.17. The fraction of sp³-hybridized carbons (Fsp3) is 0.591. The summed E-state index contributed by atoms with van der Waals surface area (Å²) in [6, 6.07) is 5.41. The van der Waals surface area contributed by atoms with Crippen molar-refractivity contribution in [3.63, 3.8) is 0 Å². The van der Waals surface area contributed by atoms with Gasteiger partial charge in [0, 0.05) is 31.0 Å². The first-order chi connectivity index (χ1) is 13.5. The zero-order valence-corrected chi connectivity index (χ0v) is 16.3. The average molecular weight is 381 g/mol. The van der Waals surface area contributed by atoms with Gasteiger partial charge in [-0.05, 0) is 74.5 Å². The van der Waals surface area contributed by atoms with Crippen LogP contribution < -0.4 is 10.6 Å². The van der Waals surface area contributed by atoms with E-state index in [1.807, 2.05) is 0 Å². The van der Waals surface area contributed by atoms with Gasteiger partial charge in [-0.3, -0.25) is 9.59 Å². The first kappa shape index (κ1) is 17.7. The van der Waals surface area contributed by atoms with Gasteiger partial charge >= 0.3 is 0 Å². The van der Waals surface area contributed by atoms with E-state index in [0.29, 0.717) is 23.7 Å². The third-order valence-corrected chi connectivity index (χ3v) is 6.94. The van der Waals surface area contributed by atoms with E-state index in [0.717, 1.165) is 42.5 Å². The van der Waals surface area contributed by atoms with E-state index in [9.17, 15) is 9.59 Å². The first-order valence-electron chi connectivity index (χ1n) is 10.4. The van der Waals surface area contributed by atoms with Crippen molar-refractivity contribution in [3.8, 4) is 0 Å². The summed E-state index contributed by atoms with van der Waals surface area (Å²) in [5, 5.41) is 5.94. The Labute approximate surface area is 164 Å². The number of carbonyl (C=O) groups excluding carboxylic acids is 2. The Morgan fingerprint density at radius 2 is 1.82 bits per heavy atom. The molecule has 2 amide bonds. The second-order valence-electron chi connectivity index (χ2n) is 9.17. The molecule has 0 atom stereocenters. The Balaban J connectivity index is 1.14. The topological polar surface area (TPSA) is 84.2 Å². The predicted octanol–water partition coefficient (Wildman–Crippen LogP) is 3.80. The van der Waals surface area contributed by atoms with Gasteiger partial charge in [0.1, 0.15) is 5.52 Å². The Kier molecular flexibility index (Phi) is 4.18. The molecule has 0 aliphatic heterocycles. The van der Waals surface area contributed by atoms with Crippen LogP contribution in [0.25, 0.3) is 11.1 Å². The van der Waals surface area contributed by atoms with Crippen LogP contribution in [0.5, 0.6) is 0 Å². The highest BCUT2D eigenvalue weighted by atomic mass is 16.3. The van der Waals surface area contributed by atoms with Crippen LogP contribution in [0.4, 0.5) is 5.69 Å². The molecule has 6 heteroatoms. The fourth-order valence-electron chi connectivity index (χ4n) is 6.21. The van der Waals surface area contributed by atoms with Crippen LogP contribution in [0, 0.1) is 30.1 Å². The summed E-state index contributed by atoms with van der Waals surface area (Å²) >= 11 is 0. The summed E-state index contributed by atoms with van der Waals surface area (Å²) in [6.45, 7) is 2.18. The zero-order valence-electron chi connectivity index (χ0n) is 16.3. The molecule has 4 bridgehead atoms. The van der Waals surface area contributed by atoms with Crippen molar-refractivity contribution in [2.45, 2.75) is 51.9 Å². The number of aryl methyl sites for hydroxylation is 1. The molecule has 6 rings (SSSR count). The highest BCUT2D eigenvalue weighted by Crippen LogP contribution is 2.60. The molecule has 0 unspecified atom stereocenters. The number of nitrogens with one attached hydrogen (secondary N) is 2. The van der Waals surface area contributed by atoms with Crippen molar-refractivity contribution in [2.24, 2.45) is 23.2 Å². The molecule has 0 spiro atoms. The standard InChI is InChI=1S/C22H27N3O3/c1-13-24-18-9-17(2-3-19(18)28-13)25-20(26)4-5-23-21(27)22-10-14-6-15(11-22)8-16(7-14)12-22/h2-3,9,14-16H,4-8,10-12H2,1H3,(H,23,27)(H,25,26). The smallest absolute Gasteiger partial charge is 0.226 e. The normalized spacial score (nSPS) is 30.5. The van der Waals surface area contributed by atoms with Crippen LogP contribution in [0.2, 0.25) is 0 Å². The minimum absolute atomic E-state index is 0.106. The molecule has 6 nitrogen and oxygen atoms in total. The summed E-state index contributed by atoms with van der Waals surface area (Å²) in [7, 11) is 0. The van der Waals surface area contributed by atoms with Crippen molar-refractivity contribution < 1.29 is 14.0 Å². The monoisotopic (exact) mass is 381 g/mol. The molecule has 0 radical (unpaired) electrons. The number of aromatic nitrogens is 1. The largest absolute Gasteiger partial charge is 0.441 e. The number of amides is 2. The van der Waals surface area contributed by atoms with Crippen LogP contribution in [-0.2, 0) is 9.59 Å². The maximum atomic E-state index is 12.9. The minimum atomic E-state index is -0.152. The molecule has 2 N–H and O–H groups in total. The average Bonchev–Trinajstić information content (AvgIpc) is 2.99. The van der Waals surface area contributed by atoms with Gasteiger partial charge in [-0.2, -0.15) is 0 Å². The third kappa shape index (κ3) is 3.19. The van der Waals surface area contributed by atoms with Crippen LogP contribution in [0.3, 0.4) is 0 Å². The van der Waals surface area contributed by atoms with Crippen molar-refractivity contribution in [1.82, 2.24) is 10.3 Å². The maximum Gasteiger partial charge on any atom is 0.226 e. The molecule has 0 saturated heterocycles. The number of carbonyl (C=O) groups is 2. The summed E-state index contributed by atoms with van der Waals surface area (Å²) in [5.41, 5.74) is 1.98. The lowest BCUT2D eigenvalue weighted by Gasteiger charge is -2.55. The summed E-state index contributed by atoms with van der Waals surface area (Å²) in [6.07, 6.45) is 7.39. The summed E-state index contributed by atoms with van der Waals surface area (Å²) in [4.78, 5) is 29.5. The van der Waals surface area contributed by atoms with E-state index < -0.39 is 0 Å².